The first-order valence-corrected chi connectivity index (χ1v) is 7.52. The molecule has 2 N–H and O–H groups in total. The molecule has 104 valence electrons. The Balaban J connectivity index is 2.11. The summed E-state index contributed by atoms with van der Waals surface area (Å²) in [6, 6.07) is 4.71. The van der Waals surface area contributed by atoms with Crippen LogP contribution in [0.4, 0.5) is 5.69 Å². The van der Waals surface area contributed by atoms with E-state index in [1.54, 1.807) is 6.07 Å². The summed E-state index contributed by atoms with van der Waals surface area (Å²) in [6.07, 6.45) is 5.42. The lowest BCUT2D eigenvalue weighted by molar-refractivity contribution is -0.385. The molecule has 0 amide bonds. The molecule has 0 radical (unpaired) electrons. The summed E-state index contributed by atoms with van der Waals surface area (Å²) in [4.78, 5) is 10.3. The van der Waals surface area contributed by atoms with Crippen molar-refractivity contribution < 1.29 is 9.66 Å². The van der Waals surface area contributed by atoms with E-state index in [9.17, 15) is 10.1 Å². The Hall–Kier alpha value is -0.890. The highest BCUT2D eigenvalue weighted by Crippen LogP contribution is 2.29. The van der Waals surface area contributed by atoms with Crippen molar-refractivity contribution in [2.45, 2.75) is 44.2 Å². The second-order valence-electron chi connectivity index (χ2n) is 4.83. The van der Waals surface area contributed by atoms with Crippen LogP contribution in [0.2, 0.25) is 0 Å². The minimum atomic E-state index is -0.399. The molecule has 0 spiro atoms. The zero-order valence-corrected chi connectivity index (χ0v) is 12.7. The Labute approximate surface area is 125 Å². The van der Waals surface area contributed by atoms with Gasteiger partial charge in [0, 0.05) is 18.2 Å². The molecule has 5 nitrogen and oxygen atoms in total. The maximum absolute atomic E-state index is 10.7. The average molecular weight is 376 g/mol. The number of hydrogen-bond donors (Lipinski definition) is 1. The lowest BCUT2D eigenvalue weighted by atomic mass is 10.1. The smallest absolute Gasteiger partial charge is 0.270 e. The summed E-state index contributed by atoms with van der Waals surface area (Å²) in [7, 11) is 0. The van der Waals surface area contributed by atoms with E-state index < -0.39 is 4.92 Å². The summed E-state index contributed by atoms with van der Waals surface area (Å²) < 4.78 is 6.71. The fourth-order valence-corrected chi connectivity index (χ4v) is 2.94. The average Bonchev–Trinajstić information content (AvgIpc) is 2.57. The monoisotopic (exact) mass is 376 g/mol. The Kier molecular flexibility index (Phi) is 4.98. The van der Waals surface area contributed by atoms with Crippen molar-refractivity contribution in [3.8, 4) is 5.75 Å². The maximum atomic E-state index is 10.7. The normalized spacial score (nSPS) is 23.7. The first kappa shape index (κ1) is 14.5. The Bertz CT molecular complexity index is 467. The topological polar surface area (TPSA) is 78.4 Å². The van der Waals surface area contributed by atoms with E-state index in [0.717, 1.165) is 29.3 Å². The molecule has 0 saturated heterocycles. The molecular weight excluding hydrogens is 359 g/mol. The van der Waals surface area contributed by atoms with E-state index in [4.69, 9.17) is 10.5 Å². The van der Waals surface area contributed by atoms with Gasteiger partial charge in [-0.3, -0.25) is 10.1 Å². The number of rotatable bonds is 3. The third-order valence-electron chi connectivity index (χ3n) is 3.41. The second-order valence-corrected chi connectivity index (χ2v) is 5.99. The van der Waals surface area contributed by atoms with Crippen LogP contribution >= 0.6 is 22.6 Å². The fourth-order valence-electron chi connectivity index (χ4n) is 2.31. The van der Waals surface area contributed by atoms with E-state index in [2.05, 4.69) is 22.6 Å². The molecule has 1 aliphatic rings. The predicted molar refractivity (Wildman–Crippen MR) is 81.3 cm³/mol. The molecule has 1 aromatic rings. The number of hydrogen-bond acceptors (Lipinski definition) is 4. The van der Waals surface area contributed by atoms with Crippen molar-refractivity contribution in [3.63, 3.8) is 0 Å². The van der Waals surface area contributed by atoms with Crippen LogP contribution in [0, 0.1) is 13.7 Å². The van der Waals surface area contributed by atoms with Gasteiger partial charge in [0.15, 0.2) is 0 Å². The van der Waals surface area contributed by atoms with E-state index in [0.29, 0.717) is 5.75 Å². The number of nitrogens with two attached hydrogens (primary N) is 1. The van der Waals surface area contributed by atoms with Gasteiger partial charge in [0.05, 0.1) is 8.49 Å². The molecule has 0 aliphatic heterocycles. The minimum absolute atomic E-state index is 0.0115. The number of nitro groups is 1. The highest BCUT2D eigenvalue weighted by molar-refractivity contribution is 14.1. The standard InChI is InChI=1S/C13H17IN2O3/c14-10-8-9(16(17)18)6-7-12(10)19-13-5-3-1-2-4-11(13)15/h6-8,11,13H,1-5,15H2. The van der Waals surface area contributed by atoms with Gasteiger partial charge in [-0.05, 0) is 47.9 Å². The third-order valence-corrected chi connectivity index (χ3v) is 4.25. The number of halogens is 1. The minimum Gasteiger partial charge on any atom is -0.488 e. The first-order chi connectivity index (χ1) is 9.08. The molecule has 1 aliphatic carbocycles. The van der Waals surface area contributed by atoms with Crippen molar-refractivity contribution in [3.05, 3.63) is 31.9 Å². The van der Waals surface area contributed by atoms with Gasteiger partial charge in [-0.15, -0.1) is 0 Å². The van der Waals surface area contributed by atoms with Crippen LogP contribution in [-0.2, 0) is 0 Å². The van der Waals surface area contributed by atoms with E-state index >= 15 is 0 Å². The van der Waals surface area contributed by atoms with Crippen LogP contribution in [0.3, 0.4) is 0 Å². The highest BCUT2D eigenvalue weighted by Gasteiger charge is 2.23. The lowest BCUT2D eigenvalue weighted by Gasteiger charge is -2.23. The second kappa shape index (κ2) is 6.51. The van der Waals surface area contributed by atoms with Crippen LogP contribution in [0.25, 0.3) is 0 Å². The van der Waals surface area contributed by atoms with Gasteiger partial charge in [-0.1, -0.05) is 12.8 Å². The molecule has 0 aromatic heterocycles. The van der Waals surface area contributed by atoms with Crippen LogP contribution in [-0.4, -0.2) is 17.1 Å². The molecule has 1 aromatic carbocycles. The zero-order valence-electron chi connectivity index (χ0n) is 10.5. The first-order valence-electron chi connectivity index (χ1n) is 6.44. The van der Waals surface area contributed by atoms with Crippen molar-refractivity contribution in [1.82, 2.24) is 0 Å². The Morgan fingerprint density at radius 3 is 2.74 bits per heavy atom. The molecule has 6 heteroatoms. The van der Waals surface area contributed by atoms with Crippen LogP contribution in [0.5, 0.6) is 5.75 Å². The fraction of sp³-hybridized carbons (Fsp3) is 0.538. The summed E-state index contributed by atoms with van der Waals surface area (Å²) in [5.41, 5.74) is 6.20. The molecule has 0 bridgehead atoms. The molecule has 2 atom stereocenters. The summed E-state index contributed by atoms with van der Waals surface area (Å²) >= 11 is 2.06. The predicted octanol–water partition coefficient (Wildman–Crippen LogP) is 3.24. The van der Waals surface area contributed by atoms with Crippen molar-refractivity contribution >= 4 is 28.3 Å². The van der Waals surface area contributed by atoms with Crippen molar-refractivity contribution in [2.75, 3.05) is 0 Å². The number of ether oxygens (including phenoxy) is 1. The van der Waals surface area contributed by atoms with Gasteiger partial charge in [0.2, 0.25) is 0 Å². The number of non-ortho nitro benzene ring substituents is 1. The zero-order chi connectivity index (χ0) is 13.8. The van der Waals surface area contributed by atoms with Crippen LogP contribution < -0.4 is 10.5 Å². The van der Waals surface area contributed by atoms with Crippen LogP contribution in [0.15, 0.2) is 18.2 Å². The summed E-state index contributed by atoms with van der Waals surface area (Å²) in [6.45, 7) is 0. The van der Waals surface area contributed by atoms with E-state index in [-0.39, 0.29) is 17.8 Å². The van der Waals surface area contributed by atoms with Crippen molar-refractivity contribution in [1.29, 1.82) is 0 Å². The van der Waals surface area contributed by atoms with Gasteiger partial charge < -0.3 is 10.5 Å². The third kappa shape index (κ3) is 3.79. The maximum Gasteiger partial charge on any atom is 0.270 e. The van der Waals surface area contributed by atoms with Gasteiger partial charge >= 0.3 is 0 Å². The lowest BCUT2D eigenvalue weighted by Crippen LogP contribution is -2.38. The Morgan fingerprint density at radius 1 is 1.32 bits per heavy atom. The molecule has 1 fully saturated rings. The molecule has 19 heavy (non-hydrogen) atoms. The number of benzene rings is 1. The number of nitro benzene ring substituents is 1. The summed E-state index contributed by atoms with van der Waals surface area (Å²) in [5.74, 6) is 0.688. The highest BCUT2D eigenvalue weighted by atomic mass is 127. The van der Waals surface area contributed by atoms with Gasteiger partial charge in [0.1, 0.15) is 11.9 Å². The molecule has 1 saturated carbocycles. The van der Waals surface area contributed by atoms with Gasteiger partial charge in [0.25, 0.3) is 5.69 Å². The van der Waals surface area contributed by atoms with E-state index in [1.807, 2.05) is 0 Å². The number of nitrogens with zero attached hydrogens (tertiary/aromatic N) is 1. The molecular formula is C13H17IN2O3. The van der Waals surface area contributed by atoms with Crippen LogP contribution in [0.1, 0.15) is 32.1 Å². The summed E-state index contributed by atoms with van der Waals surface area (Å²) in [5, 5.41) is 10.7. The van der Waals surface area contributed by atoms with E-state index in [1.165, 1.54) is 18.6 Å². The van der Waals surface area contributed by atoms with Gasteiger partial charge in [-0.2, -0.15) is 0 Å². The largest absolute Gasteiger partial charge is 0.488 e. The molecule has 2 unspecified atom stereocenters. The molecule has 0 heterocycles. The quantitative estimate of drug-likeness (QED) is 0.380. The molecule has 2 rings (SSSR count). The van der Waals surface area contributed by atoms with Crippen molar-refractivity contribution in [2.24, 2.45) is 5.73 Å². The Morgan fingerprint density at radius 2 is 2.05 bits per heavy atom. The van der Waals surface area contributed by atoms with Gasteiger partial charge in [-0.25, -0.2) is 0 Å². The SMILES string of the molecule is NC1CCCCCC1Oc1ccc([N+](=O)[O-])cc1I.